The van der Waals surface area contributed by atoms with Gasteiger partial charge in [0.2, 0.25) is 5.91 Å². The number of amides is 1. The number of carbonyl (C=O) groups excluding carboxylic acids is 1. The van der Waals surface area contributed by atoms with Crippen LogP contribution in [0.25, 0.3) is 0 Å². The van der Waals surface area contributed by atoms with Crippen LogP contribution in [-0.4, -0.2) is 55.0 Å². The summed E-state index contributed by atoms with van der Waals surface area (Å²) in [6, 6.07) is -0.277. The molecule has 4 nitrogen and oxygen atoms in total. The van der Waals surface area contributed by atoms with Crippen molar-refractivity contribution in [1.82, 2.24) is 9.80 Å². The predicted octanol–water partition coefficient (Wildman–Crippen LogP) is 1.73. The van der Waals surface area contributed by atoms with Gasteiger partial charge >= 0.3 is 0 Å². The summed E-state index contributed by atoms with van der Waals surface area (Å²) in [5.74, 6) is 1.71. The van der Waals surface area contributed by atoms with Crippen molar-refractivity contribution in [2.45, 2.75) is 45.1 Å². The Labute approximate surface area is 129 Å². The fraction of sp³-hybridized carbons (Fsp3) is 0.933. The first-order chi connectivity index (χ1) is 9.11. The minimum atomic E-state index is -0.277. The van der Waals surface area contributed by atoms with Crippen LogP contribution in [0.4, 0.5) is 0 Å². The lowest BCUT2D eigenvalue weighted by Crippen LogP contribution is -2.43. The molecule has 0 spiro atoms. The van der Waals surface area contributed by atoms with Crippen molar-refractivity contribution in [3.63, 3.8) is 0 Å². The molecule has 0 aromatic rings. The lowest BCUT2D eigenvalue weighted by molar-refractivity contribution is -0.131. The molecule has 0 radical (unpaired) electrons. The summed E-state index contributed by atoms with van der Waals surface area (Å²) in [5.41, 5.74) is 5.95. The third-order valence-electron chi connectivity index (χ3n) is 4.88. The zero-order chi connectivity index (χ0) is 13.8. The molecule has 1 amide bonds. The summed E-state index contributed by atoms with van der Waals surface area (Å²) in [6.07, 6.45) is 5.57. The van der Waals surface area contributed by atoms with Gasteiger partial charge in [-0.3, -0.25) is 4.79 Å². The van der Waals surface area contributed by atoms with Crippen LogP contribution in [-0.2, 0) is 4.79 Å². The molecule has 2 fully saturated rings. The fourth-order valence-corrected chi connectivity index (χ4v) is 3.54. The van der Waals surface area contributed by atoms with Crippen molar-refractivity contribution in [3.8, 4) is 0 Å². The summed E-state index contributed by atoms with van der Waals surface area (Å²) < 4.78 is 0. The Morgan fingerprint density at radius 2 is 1.80 bits per heavy atom. The van der Waals surface area contributed by atoms with E-state index in [9.17, 15) is 4.79 Å². The van der Waals surface area contributed by atoms with Gasteiger partial charge in [-0.25, -0.2) is 0 Å². The Morgan fingerprint density at radius 1 is 1.20 bits per heavy atom. The van der Waals surface area contributed by atoms with Crippen LogP contribution in [0.5, 0.6) is 0 Å². The third kappa shape index (κ3) is 4.34. The van der Waals surface area contributed by atoms with E-state index in [1.165, 1.54) is 32.4 Å². The Hall–Kier alpha value is -0.320. The largest absolute Gasteiger partial charge is 0.341 e. The maximum atomic E-state index is 12.2. The molecule has 20 heavy (non-hydrogen) atoms. The van der Waals surface area contributed by atoms with Gasteiger partial charge in [-0.1, -0.05) is 13.3 Å². The average molecular weight is 304 g/mol. The number of hydrogen-bond donors (Lipinski definition) is 1. The highest BCUT2D eigenvalue weighted by molar-refractivity contribution is 5.85. The molecule has 2 N–H and O–H groups in total. The molecule has 2 saturated heterocycles. The minimum Gasteiger partial charge on any atom is -0.341 e. The minimum absolute atomic E-state index is 0. The third-order valence-corrected chi connectivity index (χ3v) is 4.88. The Kier molecular flexibility index (Phi) is 7.27. The molecular weight excluding hydrogens is 274 g/mol. The van der Waals surface area contributed by atoms with E-state index >= 15 is 0 Å². The topological polar surface area (TPSA) is 49.6 Å². The van der Waals surface area contributed by atoms with Gasteiger partial charge in [0.05, 0.1) is 6.04 Å². The molecule has 2 rings (SSSR count). The number of nitrogens with zero attached hydrogens (tertiary/aromatic N) is 2. The van der Waals surface area contributed by atoms with Crippen molar-refractivity contribution >= 4 is 18.3 Å². The van der Waals surface area contributed by atoms with Crippen LogP contribution in [0.3, 0.4) is 0 Å². The van der Waals surface area contributed by atoms with Crippen molar-refractivity contribution in [2.75, 3.05) is 33.2 Å². The van der Waals surface area contributed by atoms with Crippen LogP contribution >= 0.6 is 12.4 Å². The zero-order valence-corrected chi connectivity index (χ0v) is 13.7. The van der Waals surface area contributed by atoms with Gasteiger partial charge < -0.3 is 15.5 Å². The maximum absolute atomic E-state index is 12.2. The molecule has 2 aliphatic heterocycles. The summed E-state index contributed by atoms with van der Waals surface area (Å²) in [5, 5.41) is 0. The summed E-state index contributed by atoms with van der Waals surface area (Å²) in [7, 11) is 2.20. The quantitative estimate of drug-likeness (QED) is 0.860. The van der Waals surface area contributed by atoms with Gasteiger partial charge in [0, 0.05) is 13.1 Å². The van der Waals surface area contributed by atoms with Crippen LogP contribution in [0, 0.1) is 11.8 Å². The summed E-state index contributed by atoms with van der Waals surface area (Å²) in [6.45, 7) is 6.38. The number of carbonyl (C=O) groups is 1. The van der Waals surface area contributed by atoms with Gasteiger partial charge in [0.25, 0.3) is 0 Å². The number of nitrogens with two attached hydrogens (primary N) is 1. The summed E-state index contributed by atoms with van der Waals surface area (Å²) >= 11 is 0. The van der Waals surface area contributed by atoms with E-state index in [2.05, 4.69) is 18.9 Å². The maximum Gasteiger partial charge on any atom is 0.239 e. The van der Waals surface area contributed by atoms with Crippen molar-refractivity contribution in [1.29, 1.82) is 0 Å². The molecule has 0 aromatic carbocycles. The number of halogens is 1. The Balaban J connectivity index is 0.00000200. The molecule has 118 valence electrons. The second kappa shape index (κ2) is 8.20. The first-order valence-corrected chi connectivity index (χ1v) is 7.84. The molecule has 2 heterocycles. The number of hydrogen-bond acceptors (Lipinski definition) is 3. The molecule has 5 heteroatoms. The van der Waals surface area contributed by atoms with Crippen molar-refractivity contribution in [3.05, 3.63) is 0 Å². The lowest BCUT2D eigenvalue weighted by Gasteiger charge is -2.32. The number of likely N-dealkylation sites (tertiary alicyclic amines) is 2. The van der Waals surface area contributed by atoms with E-state index in [1.807, 2.05) is 4.90 Å². The van der Waals surface area contributed by atoms with E-state index in [0.717, 1.165) is 31.8 Å². The molecule has 2 unspecified atom stereocenters. The number of piperidine rings is 1. The number of rotatable bonds is 4. The first kappa shape index (κ1) is 17.7. The van der Waals surface area contributed by atoms with Gasteiger partial charge in [-0.2, -0.15) is 0 Å². The predicted molar refractivity (Wildman–Crippen MR) is 85.0 cm³/mol. The van der Waals surface area contributed by atoms with Crippen LogP contribution in [0.15, 0.2) is 0 Å². The van der Waals surface area contributed by atoms with E-state index in [-0.39, 0.29) is 24.4 Å². The van der Waals surface area contributed by atoms with E-state index < -0.39 is 0 Å². The van der Waals surface area contributed by atoms with Crippen molar-refractivity contribution < 1.29 is 4.79 Å². The van der Waals surface area contributed by atoms with Crippen LogP contribution in [0.2, 0.25) is 0 Å². The van der Waals surface area contributed by atoms with Crippen molar-refractivity contribution in [2.24, 2.45) is 17.6 Å². The fourth-order valence-electron chi connectivity index (χ4n) is 3.54. The monoisotopic (exact) mass is 303 g/mol. The highest BCUT2D eigenvalue weighted by Crippen LogP contribution is 2.31. The normalized spacial score (nSPS) is 26.4. The molecule has 2 aliphatic rings. The van der Waals surface area contributed by atoms with Gasteiger partial charge in [0.15, 0.2) is 0 Å². The summed E-state index contributed by atoms with van der Waals surface area (Å²) in [4.78, 5) is 16.6. The molecule has 0 saturated carbocycles. The molecular formula is C15H30ClN3O. The SMILES string of the molecule is CCCC(N)C(=O)N1CCC(C2CCN(C)CC2)C1.Cl. The van der Waals surface area contributed by atoms with Crippen LogP contribution in [0.1, 0.15) is 39.0 Å². The molecule has 0 aromatic heterocycles. The van der Waals surface area contributed by atoms with Gasteiger partial charge in [0.1, 0.15) is 0 Å². The second-order valence-electron chi connectivity index (χ2n) is 6.37. The van der Waals surface area contributed by atoms with Gasteiger partial charge in [-0.05, 0) is 57.7 Å². The highest BCUT2D eigenvalue weighted by Gasteiger charge is 2.34. The Bertz CT molecular complexity index is 305. The standard InChI is InChI=1S/C15H29N3O.ClH/c1-3-4-14(16)15(19)18-10-7-13(11-18)12-5-8-17(2)9-6-12;/h12-14H,3-11,16H2,1-2H3;1H. The molecule has 2 atom stereocenters. The van der Waals surface area contributed by atoms with E-state index in [1.54, 1.807) is 0 Å². The van der Waals surface area contributed by atoms with E-state index in [0.29, 0.717) is 5.92 Å². The van der Waals surface area contributed by atoms with Crippen LogP contribution < -0.4 is 5.73 Å². The van der Waals surface area contributed by atoms with Gasteiger partial charge in [-0.15, -0.1) is 12.4 Å². The molecule has 0 aliphatic carbocycles. The Morgan fingerprint density at radius 3 is 2.40 bits per heavy atom. The average Bonchev–Trinajstić information content (AvgIpc) is 2.88. The lowest BCUT2D eigenvalue weighted by atomic mass is 9.84. The smallest absolute Gasteiger partial charge is 0.239 e. The first-order valence-electron chi connectivity index (χ1n) is 7.84. The second-order valence-corrected chi connectivity index (χ2v) is 6.37. The molecule has 0 bridgehead atoms. The van der Waals surface area contributed by atoms with E-state index in [4.69, 9.17) is 5.73 Å². The highest BCUT2D eigenvalue weighted by atomic mass is 35.5. The zero-order valence-electron chi connectivity index (χ0n) is 12.9.